The third-order valence-electron chi connectivity index (χ3n) is 2.47. The largest absolute Gasteiger partial charge is 0.354 e. The standard InChI is InChI=1S/C9H14N4O/c1-6-8(13-5-12-6)4-10-7-2-9(14)11-3-7/h5,7,10H,2-4H2,1H3,(H,11,14)(H,12,13). The van der Waals surface area contributed by atoms with Crippen LogP contribution in [0.3, 0.4) is 0 Å². The van der Waals surface area contributed by atoms with Gasteiger partial charge in [-0.3, -0.25) is 4.79 Å². The van der Waals surface area contributed by atoms with Gasteiger partial charge < -0.3 is 15.6 Å². The molecule has 1 fully saturated rings. The minimum Gasteiger partial charge on any atom is -0.354 e. The number of aromatic nitrogens is 2. The van der Waals surface area contributed by atoms with E-state index >= 15 is 0 Å². The quantitative estimate of drug-likeness (QED) is 0.618. The summed E-state index contributed by atoms with van der Waals surface area (Å²) in [5.41, 5.74) is 2.10. The van der Waals surface area contributed by atoms with E-state index in [1.165, 1.54) is 0 Å². The molecule has 1 saturated heterocycles. The molecule has 5 nitrogen and oxygen atoms in total. The van der Waals surface area contributed by atoms with E-state index in [2.05, 4.69) is 20.6 Å². The fraction of sp³-hybridized carbons (Fsp3) is 0.556. The van der Waals surface area contributed by atoms with E-state index in [1.54, 1.807) is 6.33 Å². The zero-order valence-corrected chi connectivity index (χ0v) is 8.13. The third kappa shape index (κ3) is 1.93. The molecule has 0 saturated carbocycles. The Hall–Kier alpha value is -1.36. The summed E-state index contributed by atoms with van der Waals surface area (Å²) in [7, 11) is 0. The van der Waals surface area contributed by atoms with Crippen LogP contribution in [0.5, 0.6) is 0 Å². The van der Waals surface area contributed by atoms with Gasteiger partial charge >= 0.3 is 0 Å². The fourth-order valence-electron chi connectivity index (χ4n) is 1.56. The van der Waals surface area contributed by atoms with Gasteiger partial charge in [-0.05, 0) is 6.92 Å². The summed E-state index contributed by atoms with van der Waals surface area (Å²) in [6.45, 7) is 3.43. The van der Waals surface area contributed by atoms with E-state index in [0.717, 1.165) is 24.5 Å². The first kappa shape index (κ1) is 9.21. The van der Waals surface area contributed by atoms with E-state index in [9.17, 15) is 4.79 Å². The lowest BCUT2D eigenvalue weighted by molar-refractivity contribution is -0.119. The van der Waals surface area contributed by atoms with Gasteiger partial charge in [0.2, 0.25) is 5.91 Å². The zero-order valence-electron chi connectivity index (χ0n) is 8.13. The second-order valence-corrected chi connectivity index (χ2v) is 3.56. The highest BCUT2D eigenvalue weighted by Crippen LogP contribution is 2.03. The molecule has 1 aliphatic heterocycles. The lowest BCUT2D eigenvalue weighted by Crippen LogP contribution is -2.30. The number of hydrogen-bond acceptors (Lipinski definition) is 3. The van der Waals surface area contributed by atoms with Crippen molar-refractivity contribution in [1.82, 2.24) is 20.6 Å². The number of rotatable bonds is 3. The molecule has 1 atom stereocenters. The summed E-state index contributed by atoms with van der Waals surface area (Å²) in [5, 5.41) is 6.07. The minimum absolute atomic E-state index is 0.126. The number of carbonyl (C=O) groups excluding carboxylic acids is 1. The van der Waals surface area contributed by atoms with E-state index in [0.29, 0.717) is 6.42 Å². The second-order valence-electron chi connectivity index (χ2n) is 3.56. The van der Waals surface area contributed by atoms with Gasteiger partial charge in [-0.2, -0.15) is 0 Å². The van der Waals surface area contributed by atoms with Crippen LogP contribution in [-0.4, -0.2) is 28.5 Å². The van der Waals surface area contributed by atoms with Gasteiger partial charge in [0.05, 0.1) is 12.0 Å². The van der Waals surface area contributed by atoms with Crippen molar-refractivity contribution in [2.45, 2.75) is 25.9 Å². The van der Waals surface area contributed by atoms with Crippen LogP contribution in [0.4, 0.5) is 0 Å². The van der Waals surface area contributed by atoms with Gasteiger partial charge in [-0.1, -0.05) is 0 Å². The Balaban J connectivity index is 1.83. The van der Waals surface area contributed by atoms with Crippen molar-refractivity contribution in [2.24, 2.45) is 0 Å². The predicted octanol–water partition coefficient (Wildman–Crippen LogP) is -0.304. The minimum atomic E-state index is 0.126. The van der Waals surface area contributed by atoms with Crippen molar-refractivity contribution in [1.29, 1.82) is 0 Å². The molecule has 0 aliphatic carbocycles. The second kappa shape index (κ2) is 3.79. The maximum atomic E-state index is 10.9. The van der Waals surface area contributed by atoms with Gasteiger partial charge in [0, 0.05) is 31.2 Å². The van der Waals surface area contributed by atoms with Crippen molar-refractivity contribution >= 4 is 5.91 Å². The van der Waals surface area contributed by atoms with Crippen molar-refractivity contribution in [3.05, 3.63) is 17.7 Å². The SMILES string of the molecule is Cc1[nH]cnc1CNC1CNC(=O)C1. The molecule has 76 valence electrons. The Morgan fingerprint density at radius 2 is 2.57 bits per heavy atom. The van der Waals surface area contributed by atoms with Gasteiger partial charge in [0.1, 0.15) is 0 Å². The smallest absolute Gasteiger partial charge is 0.221 e. The Morgan fingerprint density at radius 3 is 3.14 bits per heavy atom. The number of amides is 1. The Kier molecular flexibility index (Phi) is 2.49. The molecular weight excluding hydrogens is 180 g/mol. The van der Waals surface area contributed by atoms with Crippen molar-refractivity contribution in [3.8, 4) is 0 Å². The highest BCUT2D eigenvalue weighted by Gasteiger charge is 2.20. The Morgan fingerprint density at radius 1 is 1.71 bits per heavy atom. The first-order valence-electron chi connectivity index (χ1n) is 4.74. The van der Waals surface area contributed by atoms with Gasteiger partial charge in [0.25, 0.3) is 0 Å². The molecular formula is C9H14N4O. The number of aryl methyl sites for hydroxylation is 1. The number of nitrogens with zero attached hydrogens (tertiary/aromatic N) is 1. The monoisotopic (exact) mass is 194 g/mol. The van der Waals surface area contributed by atoms with Gasteiger partial charge in [-0.25, -0.2) is 4.98 Å². The molecule has 1 aromatic rings. The maximum Gasteiger partial charge on any atom is 0.221 e. The number of imidazole rings is 1. The Labute approximate surface area is 82.3 Å². The third-order valence-corrected chi connectivity index (χ3v) is 2.47. The normalized spacial score (nSPS) is 21.2. The first-order chi connectivity index (χ1) is 6.75. The van der Waals surface area contributed by atoms with E-state index < -0.39 is 0 Å². The number of carbonyl (C=O) groups is 1. The average Bonchev–Trinajstić information content (AvgIpc) is 2.72. The molecule has 14 heavy (non-hydrogen) atoms. The highest BCUT2D eigenvalue weighted by molar-refractivity contribution is 5.78. The van der Waals surface area contributed by atoms with Crippen LogP contribution in [0.15, 0.2) is 6.33 Å². The summed E-state index contributed by atoms with van der Waals surface area (Å²) < 4.78 is 0. The fourth-order valence-corrected chi connectivity index (χ4v) is 1.56. The number of aromatic amines is 1. The van der Waals surface area contributed by atoms with E-state index in [-0.39, 0.29) is 11.9 Å². The molecule has 0 radical (unpaired) electrons. The van der Waals surface area contributed by atoms with Crippen LogP contribution in [0.2, 0.25) is 0 Å². The molecule has 0 spiro atoms. The molecule has 1 aliphatic rings. The summed E-state index contributed by atoms with van der Waals surface area (Å²) in [6, 6.07) is 0.249. The van der Waals surface area contributed by atoms with Crippen LogP contribution >= 0.6 is 0 Å². The Bertz CT molecular complexity index is 333. The van der Waals surface area contributed by atoms with Crippen LogP contribution in [-0.2, 0) is 11.3 Å². The van der Waals surface area contributed by atoms with E-state index in [4.69, 9.17) is 0 Å². The van der Waals surface area contributed by atoms with Crippen molar-refractivity contribution in [3.63, 3.8) is 0 Å². The molecule has 1 amide bonds. The molecule has 1 unspecified atom stereocenters. The highest BCUT2D eigenvalue weighted by atomic mass is 16.1. The molecule has 1 aromatic heterocycles. The maximum absolute atomic E-state index is 10.9. The molecule has 3 N–H and O–H groups in total. The summed E-state index contributed by atoms with van der Waals surface area (Å²) in [6.07, 6.45) is 2.26. The topological polar surface area (TPSA) is 69.8 Å². The summed E-state index contributed by atoms with van der Waals surface area (Å²) in [5.74, 6) is 0.126. The van der Waals surface area contributed by atoms with Crippen LogP contribution in [0.25, 0.3) is 0 Å². The van der Waals surface area contributed by atoms with E-state index in [1.807, 2.05) is 6.92 Å². The molecule has 0 bridgehead atoms. The molecule has 2 rings (SSSR count). The van der Waals surface area contributed by atoms with Crippen molar-refractivity contribution < 1.29 is 4.79 Å². The number of hydrogen-bond donors (Lipinski definition) is 3. The van der Waals surface area contributed by atoms with Crippen LogP contribution < -0.4 is 10.6 Å². The van der Waals surface area contributed by atoms with Crippen LogP contribution in [0.1, 0.15) is 17.8 Å². The van der Waals surface area contributed by atoms with Gasteiger partial charge in [-0.15, -0.1) is 0 Å². The lowest BCUT2D eigenvalue weighted by atomic mass is 10.2. The first-order valence-corrected chi connectivity index (χ1v) is 4.74. The number of nitrogens with one attached hydrogen (secondary N) is 3. The summed E-state index contributed by atoms with van der Waals surface area (Å²) in [4.78, 5) is 18.1. The molecule has 0 aromatic carbocycles. The van der Waals surface area contributed by atoms with Gasteiger partial charge in [0.15, 0.2) is 0 Å². The van der Waals surface area contributed by atoms with Crippen molar-refractivity contribution in [2.75, 3.05) is 6.54 Å². The zero-order chi connectivity index (χ0) is 9.97. The summed E-state index contributed by atoms with van der Waals surface area (Å²) >= 11 is 0. The predicted molar refractivity (Wildman–Crippen MR) is 51.6 cm³/mol. The number of H-pyrrole nitrogens is 1. The average molecular weight is 194 g/mol. The van der Waals surface area contributed by atoms with Crippen LogP contribution in [0, 0.1) is 6.92 Å². The molecule has 5 heteroatoms. The molecule has 2 heterocycles. The lowest BCUT2D eigenvalue weighted by Gasteiger charge is -2.08.